The SMILES string of the molecule is Cc1ccc(-n2c(CCCO)nc3cccnc32)cc1. The van der Waals surface area contributed by atoms with Crippen LogP contribution in [0.5, 0.6) is 0 Å². The molecule has 0 unspecified atom stereocenters. The zero-order chi connectivity index (χ0) is 13.9. The Morgan fingerprint density at radius 1 is 1.15 bits per heavy atom. The number of pyridine rings is 1. The first-order valence-electron chi connectivity index (χ1n) is 6.80. The van der Waals surface area contributed by atoms with E-state index in [4.69, 9.17) is 5.11 Å². The molecule has 0 radical (unpaired) electrons. The van der Waals surface area contributed by atoms with Crippen LogP contribution >= 0.6 is 0 Å². The molecule has 0 spiro atoms. The number of aliphatic hydroxyl groups is 1. The molecule has 1 aromatic carbocycles. The maximum Gasteiger partial charge on any atom is 0.164 e. The Morgan fingerprint density at radius 3 is 2.70 bits per heavy atom. The summed E-state index contributed by atoms with van der Waals surface area (Å²) in [6.07, 6.45) is 3.22. The maximum atomic E-state index is 9.05. The standard InChI is InChI=1S/C16H17N3O/c1-12-6-8-13(9-7-12)19-15(5-3-11-20)18-14-4-2-10-17-16(14)19/h2,4,6-10,20H,3,5,11H2,1H3. The van der Waals surface area contributed by atoms with E-state index < -0.39 is 0 Å². The Kier molecular flexibility index (Phi) is 3.48. The van der Waals surface area contributed by atoms with Crippen molar-refractivity contribution in [3.63, 3.8) is 0 Å². The van der Waals surface area contributed by atoms with Crippen molar-refractivity contribution in [2.45, 2.75) is 19.8 Å². The highest BCUT2D eigenvalue weighted by molar-refractivity contribution is 5.73. The second-order valence-corrected chi connectivity index (χ2v) is 4.87. The highest BCUT2D eigenvalue weighted by Crippen LogP contribution is 2.21. The van der Waals surface area contributed by atoms with Crippen molar-refractivity contribution in [1.29, 1.82) is 0 Å². The van der Waals surface area contributed by atoms with Crippen molar-refractivity contribution in [2.24, 2.45) is 0 Å². The molecule has 0 aliphatic heterocycles. The van der Waals surface area contributed by atoms with Crippen LogP contribution in [0, 0.1) is 6.92 Å². The number of fused-ring (bicyclic) bond motifs is 1. The molecule has 0 amide bonds. The monoisotopic (exact) mass is 267 g/mol. The molecule has 0 atom stereocenters. The lowest BCUT2D eigenvalue weighted by Crippen LogP contribution is -2.03. The van der Waals surface area contributed by atoms with Crippen molar-refractivity contribution in [1.82, 2.24) is 14.5 Å². The Labute approximate surface area is 117 Å². The number of rotatable bonds is 4. The number of aryl methyl sites for hydroxylation is 2. The molecule has 2 aromatic heterocycles. The summed E-state index contributed by atoms with van der Waals surface area (Å²) in [6.45, 7) is 2.24. The Balaban J connectivity index is 2.17. The lowest BCUT2D eigenvalue weighted by Gasteiger charge is -2.08. The smallest absolute Gasteiger partial charge is 0.164 e. The minimum atomic E-state index is 0.171. The van der Waals surface area contributed by atoms with Gasteiger partial charge in [0.2, 0.25) is 0 Å². The van der Waals surface area contributed by atoms with Crippen LogP contribution in [0.3, 0.4) is 0 Å². The van der Waals surface area contributed by atoms with Crippen LogP contribution in [-0.2, 0) is 6.42 Å². The minimum absolute atomic E-state index is 0.171. The van der Waals surface area contributed by atoms with Crippen LogP contribution < -0.4 is 0 Å². The summed E-state index contributed by atoms with van der Waals surface area (Å²) in [5.74, 6) is 0.941. The fraction of sp³-hybridized carbons (Fsp3) is 0.250. The third-order valence-corrected chi connectivity index (χ3v) is 3.34. The molecule has 102 valence electrons. The van der Waals surface area contributed by atoms with Crippen LogP contribution in [0.15, 0.2) is 42.6 Å². The largest absolute Gasteiger partial charge is 0.396 e. The van der Waals surface area contributed by atoms with Gasteiger partial charge >= 0.3 is 0 Å². The number of nitrogens with zero attached hydrogens (tertiary/aromatic N) is 3. The maximum absolute atomic E-state index is 9.05. The van der Waals surface area contributed by atoms with E-state index in [1.165, 1.54) is 5.56 Å². The van der Waals surface area contributed by atoms with E-state index in [-0.39, 0.29) is 6.61 Å². The first-order chi connectivity index (χ1) is 9.79. The number of aromatic nitrogens is 3. The number of hydrogen-bond acceptors (Lipinski definition) is 3. The van der Waals surface area contributed by atoms with Gasteiger partial charge < -0.3 is 5.11 Å². The van der Waals surface area contributed by atoms with Crippen molar-refractivity contribution in [3.8, 4) is 5.69 Å². The van der Waals surface area contributed by atoms with Gasteiger partial charge in [0, 0.05) is 24.9 Å². The highest BCUT2D eigenvalue weighted by Gasteiger charge is 2.12. The van der Waals surface area contributed by atoms with Gasteiger partial charge in [0.05, 0.1) is 0 Å². The van der Waals surface area contributed by atoms with E-state index in [0.717, 1.165) is 29.1 Å². The van der Waals surface area contributed by atoms with Gasteiger partial charge in [0.25, 0.3) is 0 Å². The predicted octanol–water partition coefficient (Wildman–Crippen LogP) is 2.65. The molecule has 2 heterocycles. The molecular formula is C16H17N3O. The predicted molar refractivity (Wildman–Crippen MR) is 79.0 cm³/mol. The Hall–Kier alpha value is -2.20. The van der Waals surface area contributed by atoms with Gasteiger partial charge in [-0.15, -0.1) is 0 Å². The molecule has 1 N–H and O–H groups in total. The van der Waals surface area contributed by atoms with Gasteiger partial charge in [-0.25, -0.2) is 9.97 Å². The van der Waals surface area contributed by atoms with Gasteiger partial charge in [-0.2, -0.15) is 0 Å². The van der Waals surface area contributed by atoms with Crippen LogP contribution in [0.1, 0.15) is 17.8 Å². The van der Waals surface area contributed by atoms with Gasteiger partial charge in [-0.1, -0.05) is 17.7 Å². The molecule has 3 rings (SSSR count). The molecule has 4 heteroatoms. The van der Waals surface area contributed by atoms with E-state index in [9.17, 15) is 0 Å². The molecular weight excluding hydrogens is 250 g/mol. The summed E-state index contributed by atoms with van der Waals surface area (Å²) >= 11 is 0. The first kappa shape index (κ1) is 12.8. The molecule has 0 fully saturated rings. The second kappa shape index (κ2) is 5.43. The third kappa shape index (κ3) is 2.30. The van der Waals surface area contributed by atoms with Crippen LogP contribution in [0.25, 0.3) is 16.9 Å². The zero-order valence-electron chi connectivity index (χ0n) is 11.5. The summed E-state index contributed by atoms with van der Waals surface area (Å²) < 4.78 is 2.07. The molecule has 4 nitrogen and oxygen atoms in total. The number of imidazole rings is 1. The fourth-order valence-electron chi connectivity index (χ4n) is 2.33. The van der Waals surface area contributed by atoms with Crippen molar-refractivity contribution >= 4 is 11.2 Å². The lowest BCUT2D eigenvalue weighted by atomic mass is 10.2. The van der Waals surface area contributed by atoms with E-state index >= 15 is 0 Å². The molecule has 0 aliphatic rings. The topological polar surface area (TPSA) is 50.9 Å². The summed E-state index contributed by atoms with van der Waals surface area (Å²) in [7, 11) is 0. The summed E-state index contributed by atoms with van der Waals surface area (Å²) in [5.41, 5.74) is 4.04. The normalized spacial score (nSPS) is 11.1. The molecule has 0 bridgehead atoms. The van der Waals surface area contributed by atoms with Crippen molar-refractivity contribution in [2.75, 3.05) is 6.61 Å². The van der Waals surface area contributed by atoms with Gasteiger partial charge in [-0.05, 0) is 37.6 Å². The van der Waals surface area contributed by atoms with Crippen molar-refractivity contribution < 1.29 is 5.11 Å². The van der Waals surface area contributed by atoms with Gasteiger partial charge in [-0.3, -0.25) is 4.57 Å². The number of hydrogen-bond donors (Lipinski definition) is 1. The molecule has 0 aliphatic carbocycles. The number of aliphatic hydroxyl groups excluding tert-OH is 1. The molecule has 0 saturated heterocycles. The van der Waals surface area contributed by atoms with E-state index in [1.54, 1.807) is 6.20 Å². The summed E-state index contributed by atoms with van der Waals surface area (Å²) in [5, 5.41) is 9.05. The second-order valence-electron chi connectivity index (χ2n) is 4.87. The Morgan fingerprint density at radius 2 is 1.95 bits per heavy atom. The van der Waals surface area contributed by atoms with E-state index in [2.05, 4.69) is 45.7 Å². The quantitative estimate of drug-likeness (QED) is 0.790. The summed E-state index contributed by atoms with van der Waals surface area (Å²) in [4.78, 5) is 9.09. The zero-order valence-corrected chi connectivity index (χ0v) is 11.5. The molecule has 0 saturated carbocycles. The van der Waals surface area contributed by atoms with Crippen LogP contribution in [0.2, 0.25) is 0 Å². The van der Waals surface area contributed by atoms with Crippen molar-refractivity contribution in [3.05, 3.63) is 54.0 Å². The molecule has 20 heavy (non-hydrogen) atoms. The van der Waals surface area contributed by atoms with Gasteiger partial charge in [0.15, 0.2) is 5.65 Å². The fourth-order valence-corrected chi connectivity index (χ4v) is 2.33. The average Bonchev–Trinajstić information content (AvgIpc) is 2.84. The van der Waals surface area contributed by atoms with Crippen LogP contribution in [-0.4, -0.2) is 26.2 Å². The third-order valence-electron chi connectivity index (χ3n) is 3.34. The van der Waals surface area contributed by atoms with Gasteiger partial charge in [0.1, 0.15) is 11.3 Å². The summed E-state index contributed by atoms with van der Waals surface area (Å²) in [6, 6.07) is 12.2. The number of benzene rings is 1. The van der Waals surface area contributed by atoms with E-state index in [1.807, 2.05) is 12.1 Å². The highest BCUT2D eigenvalue weighted by atomic mass is 16.2. The van der Waals surface area contributed by atoms with Crippen LogP contribution in [0.4, 0.5) is 0 Å². The minimum Gasteiger partial charge on any atom is -0.396 e. The lowest BCUT2D eigenvalue weighted by molar-refractivity contribution is 0.287. The van der Waals surface area contributed by atoms with E-state index in [0.29, 0.717) is 6.42 Å². The first-order valence-corrected chi connectivity index (χ1v) is 6.80. The average molecular weight is 267 g/mol. The molecule has 3 aromatic rings. The Bertz CT molecular complexity index is 716.